The summed E-state index contributed by atoms with van der Waals surface area (Å²) >= 11 is 1.46. The molecule has 0 saturated carbocycles. The number of fused-ring (bicyclic) bond motifs is 1. The van der Waals surface area contributed by atoms with Gasteiger partial charge in [0.1, 0.15) is 6.54 Å². The van der Waals surface area contributed by atoms with Crippen LogP contribution >= 0.6 is 11.8 Å². The molecule has 3 rings (SSSR count). The first-order valence-electron chi connectivity index (χ1n) is 9.70. The molecule has 2 amide bonds. The maximum atomic E-state index is 13.2. The topological polar surface area (TPSA) is 49.4 Å². The molecule has 5 heteroatoms. The van der Waals surface area contributed by atoms with Gasteiger partial charge in [0.25, 0.3) is 5.91 Å². The summed E-state index contributed by atoms with van der Waals surface area (Å²) in [5.41, 5.74) is 3.03. The Morgan fingerprint density at radius 3 is 2.54 bits per heavy atom. The van der Waals surface area contributed by atoms with Crippen LogP contribution in [-0.4, -0.2) is 24.4 Å². The molecular formula is C23H26N2O2S. The van der Waals surface area contributed by atoms with E-state index >= 15 is 0 Å². The second kappa shape index (κ2) is 9.11. The maximum Gasteiger partial charge on any atom is 0.265 e. The van der Waals surface area contributed by atoms with Crippen LogP contribution in [0.5, 0.6) is 0 Å². The molecule has 1 heterocycles. The number of nitrogens with zero attached hydrogens (tertiary/aromatic N) is 1. The van der Waals surface area contributed by atoms with E-state index in [0.29, 0.717) is 4.91 Å². The molecule has 0 saturated heterocycles. The molecule has 2 aromatic rings. The third-order valence-electron chi connectivity index (χ3n) is 4.84. The van der Waals surface area contributed by atoms with Crippen molar-refractivity contribution in [2.24, 2.45) is 0 Å². The second-order valence-electron chi connectivity index (χ2n) is 6.94. The summed E-state index contributed by atoms with van der Waals surface area (Å²) in [7, 11) is 0. The number of carbonyl (C=O) groups is 2. The molecule has 1 aliphatic rings. The number of carbonyl (C=O) groups excluding carboxylic acids is 2. The predicted molar refractivity (Wildman–Crippen MR) is 116 cm³/mol. The number of nitrogens with one attached hydrogen (secondary N) is 1. The van der Waals surface area contributed by atoms with Gasteiger partial charge < -0.3 is 5.32 Å². The van der Waals surface area contributed by atoms with E-state index in [-0.39, 0.29) is 24.4 Å². The van der Waals surface area contributed by atoms with Crippen molar-refractivity contribution in [2.45, 2.75) is 44.6 Å². The highest BCUT2D eigenvalue weighted by atomic mass is 32.2. The summed E-state index contributed by atoms with van der Waals surface area (Å²) < 4.78 is 0. The van der Waals surface area contributed by atoms with E-state index in [1.165, 1.54) is 17.3 Å². The molecule has 0 aliphatic carbocycles. The lowest BCUT2D eigenvalue weighted by atomic mass is 10.1. The van der Waals surface area contributed by atoms with E-state index in [1.807, 2.05) is 56.3 Å². The summed E-state index contributed by atoms with van der Waals surface area (Å²) in [4.78, 5) is 28.8. The fourth-order valence-corrected chi connectivity index (χ4v) is 4.05. The average molecular weight is 395 g/mol. The molecule has 0 fully saturated rings. The van der Waals surface area contributed by atoms with Crippen molar-refractivity contribution in [3.8, 4) is 0 Å². The number of para-hydroxylation sites is 1. The van der Waals surface area contributed by atoms with Crippen LogP contribution in [0.3, 0.4) is 0 Å². The normalized spacial score (nSPS) is 16.0. The van der Waals surface area contributed by atoms with E-state index in [2.05, 4.69) is 24.4 Å². The molecule has 4 nitrogen and oxygen atoms in total. The Morgan fingerprint density at radius 1 is 1.14 bits per heavy atom. The van der Waals surface area contributed by atoms with Crippen LogP contribution in [-0.2, 0) is 16.0 Å². The lowest BCUT2D eigenvalue weighted by molar-refractivity contribution is -0.122. The van der Waals surface area contributed by atoms with Crippen LogP contribution < -0.4 is 10.2 Å². The molecule has 2 aromatic carbocycles. The fourth-order valence-electron chi connectivity index (χ4n) is 2.99. The molecule has 1 N–H and O–H groups in total. The Bertz CT molecular complexity index is 890. The smallest absolute Gasteiger partial charge is 0.265 e. The highest BCUT2D eigenvalue weighted by molar-refractivity contribution is 8.04. The number of benzene rings is 2. The van der Waals surface area contributed by atoms with E-state index in [9.17, 15) is 9.59 Å². The number of rotatable bonds is 6. The summed E-state index contributed by atoms with van der Waals surface area (Å²) in [5.74, 6) is -0.279. The summed E-state index contributed by atoms with van der Waals surface area (Å²) in [6.07, 6.45) is 3.74. The first-order valence-corrected chi connectivity index (χ1v) is 10.5. The lowest BCUT2D eigenvalue weighted by Gasteiger charge is -2.30. The van der Waals surface area contributed by atoms with Gasteiger partial charge in [-0.1, -0.05) is 62.0 Å². The highest BCUT2D eigenvalue weighted by Gasteiger charge is 2.30. The Hall–Kier alpha value is -2.53. The van der Waals surface area contributed by atoms with Crippen LogP contribution in [0.4, 0.5) is 5.69 Å². The van der Waals surface area contributed by atoms with E-state index < -0.39 is 0 Å². The lowest BCUT2D eigenvalue weighted by Crippen LogP contribution is -2.44. The first kappa shape index (κ1) is 20.2. The average Bonchev–Trinajstić information content (AvgIpc) is 2.71. The number of anilines is 1. The number of thioether (sulfide) groups is 1. The Balaban J connectivity index is 1.89. The van der Waals surface area contributed by atoms with E-state index in [1.54, 1.807) is 4.90 Å². The van der Waals surface area contributed by atoms with Gasteiger partial charge in [-0.25, -0.2) is 0 Å². The highest BCUT2D eigenvalue weighted by Crippen LogP contribution is 2.41. The standard InChI is InChI=1S/C23H26N2O2S/c1-4-16(3)24-22(26)15-25-19-8-6-7-9-20(19)28-21(23(25)27)14-18-12-10-17(5-2)11-13-18/h6-14,16H,4-5,15H2,1-3H3,(H,24,26)/b21-14+/t16-/m0/s1. The predicted octanol–water partition coefficient (Wildman–Crippen LogP) is 4.64. The molecule has 146 valence electrons. The maximum absolute atomic E-state index is 13.2. The van der Waals surface area contributed by atoms with Crippen LogP contribution in [0.2, 0.25) is 0 Å². The SMILES string of the molecule is CCc1ccc(/C=C2/Sc3ccccc3N(CC(=O)N[C@@H](C)CC)C2=O)cc1. The minimum absolute atomic E-state index is 0.0207. The molecule has 0 unspecified atom stereocenters. The monoisotopic (exact) mass is 394 g/mol. The minimum Gasteiger partial charge on any atom is -0.352 e. The Labute approximate surface area is 171 Å². The fraction of sp³-hybridized carbons (Fsp3) is 0.304. The third-order valence-corrected chi connectivity index (χ3v) is 5.92. The van der Waals surface area contributed by atoms with Gasteiger partial charge in [-0.2, -0.15) is 0 Å². The molecule has 1 atom stereocenters. The number of hydrogen-bond acceptors (Lipinski definition) is 3. The zero-order valence-corrected chi connectivity index (χ0v) is 17.4. The van der Waals surface area contributed by atoms with Crippen molar-refractivity contribution in [3.05, 3.63) is 64.6 Å². The van der Waals surface area contributed by atoms with E-state index in [0.717, 1.165) is 29.0 Å². The van der Waals surface area contributed by atoms with Crippen LogP contribution in [0, 0.1) is 0 Å². The van der Waals surface area contributed by atoms with Gasteiger partial charge >= 0.3 is 0 Å². The number of aryl methyl sites for hydroxylation is 1. The van der Waals surface area contributed by atoms with Gasteiger partial charge in [0, 0.05) is 10.9 Å². The zero-order chi connectivity index (χ0) is 20.1. The van der Waals surface area contributed by atoms with Gasteiger partial charge in [0.05, 0.1) is 10.6 Å². The van der Waals surface area contributed by atoms with Gasteiger partial charge in [-0.15, -0.1) is 0 Å². The molecule has 0 aromatic heterocycles. The van der Waals surface area contributed by atoms with Crippen molar-refractivity contribution >= 4 is 35.3 Å². The van der Waals surface area contributed by atoms with Crippen molar-refractivity contribution in [1.29, 1.82) is 0 Å². The largest absolute Gasteiger partial charge is 0.352 e. The van der Waals surface area contributed by atoms with Crippen LogP contribution in [0.25, 0.3) is 6.08 Å². The van der Waals surface area contributed by atoms with Crippen LogP contribution in [0.1, 0.15) is 38.3 Å². The number of hydrogen-bond donors (Lipinski definition) is 1. The minimum atomic E-state index is -0.143. The third kappa shape index (κ3) is 4.65. The van der Waals surface area contributed by atoms with Gasteiger partial charge in [-0.3, -0.25) is 14.5 Å². The van der Waals surface area contributed by atoms with Crippen molar-refractivity contribution in [3.63, 3.8) is 0 Å². The quantitative estimate of drug-likeness (QED) is 0.726. The van der Waals surface area contributed by atoms with E-state index in [4.69, 9.17) is 0 Å². The van der Waals surface area contributed by atoms with Crippen LogP contribution in [0.15, 0.2) is 58.3 Å². The van der Waals surface area contributed by atoms with Gasteiger partial charge in [0.2, 0.25) is 5.91 Å². The van der Waals surface area contributed by atoms with Crippen molar-refractivity contribution in [1.82, 2.24) is 5.32 Å². The van der Waals surface area contributed by atoms with Crippen molar-refractivity contribution in [2.75, 3.05) is 11.4 Å². The molecule has 0 radical (unpaired) electrons. The summed E-state index contributed by atoms with van der Waals surface area (Å²) in [6.45, 7) is 6.12. The molecule has 1 aliphatic heterocycles. The van der Waals surface area contributed by atoms with Crippen molar-refractivity contribution < 1.29 is 9.59 Å². The number of amides is 2. The zero-order valence-electron chi connectivity index (χ0n) is 16.6. The Kier molecular flexibility index (Phi) is 6.57. The van der Waals surface area contributed by atoms with Gasteiger partial charge in [0.15, 0.2) is 0 Å². The molecular weight excluding hydrogens is 368 g/mol. The molecule has 0 bridgehead atoms. The Morgan fingerprint density at radius 2 is 1.86 bits per heavy atom. The summed E-state index contributed by atoms with van der Waals surface area (Å²) in [6, 6.07) is 16.0. The molecule has 0 spiro atoms. The second-order valence-corrected chi connectivity index (χ2v) is 8.03. The first-order chi connectivity index (χ1) is 13.5. The van der Waals surface area contributed by atoms with Gasteiger partial charge in [-0.05, 0) is 49.1 Å². The summed E-state index contributed by atoms with van der Waals surface area (Å²) in [5, 5.41) is 2.95. The molecule has 28 heavy (non-hydrogen) atoms.